The fraction of sp³-hybridized carbons (Fsp3) is 0.594. The zero-order valence-corrected chi connectivity index (χ0v) is 22.2. The van der Waals surface area contributed by atoms with Crippen LogP contribution in [0.4, 0.5) is 4.39 Å². The van der Waals surface area contributed by atoms with Crippen molar-refractivity contribution in [2.45, 2.75) is 110 Å². The molecule has 2 aromatic rings. The van der Waals surface area contributed by atoms with Gasteiger partial charge in [-0.3, -0.25) is 0 Å². The van der Waals surface area contributed by atoms with E-state index in [2.05, 4.69) is 26.0 Å². The quantitative estimate of drug-likeness (QED) is 0.269. The van der Waals surface area contributed by atoms with Crippen LogP contribution in [-0.4, -0.2) is 7.11 Å². The number of aryl methyl sites for hydroxylation is 1. The first-order valence-corrected chi connectivity index (χ1v) is 14.0. The molecular formula is C32H44FNO. The van der Waals surface area contributed by atoms with Crippen LogP contribution in [0.5, 0.6) is 5.75 Å². The van der Waals surface area contributed by atoms with Crippen LogP contribution in [0.15, 0.2) is 30.3 Å². The molecule has 1 aliphatic rings. The van der Waals surface area contributed by atoms with E-state index in [-0.39, 0.29) is 11.6 Å². The highest BCUT2D eigenvalue weighted by Crippen LogP contribution is 2.41. The Kier molecular flexibility index (Phi) is 11.1. The molecule has 2 aromatic carbocycles. The van der Waals surface area contributed by atoms with Crippen molar-refractivity contribution < 1.29 is 9.13 Å². The highest BCUT2D eigenvalue weighted by Gasteiger charge is 2.24. The minimum Gasteiger partial charge on any atom is -0.493 e. The van der Waals surface area contributed by atoms with E-state index in [1.54, 1.807) is 0 Å². The van der Waals surface area contributed by atoms with Crippen LogP contribution >= 0.6 is 0 Å². The summed E-state index contributed by atoms with van der Waals surface area (Å²) in [5.74, 6) is 1.36. The maximum Gasteiger partial charge on any atom is 0.168 e. The molecule has 0 atom stereocenters. The van der Waals surface area contributed by atoms with Gasteiger partial charge in [0.1, 0.15) is 0 Å². The maximum absolute atomic E-state index is 15.4. The van der Waals surface area contributed by atoms with Gasteiger partial charge in [0, 0.05) is 11.1 Å². The molecule has 0 radical (unpaired) electrons. The summed E-state index contributed by atoms with van der Waals surface area (Å²) in [6.45, 7) is 4.48. The first kappa shape index (κ1) is 27.3. The number of hydrogen-bond donors (Lipinski definition) is 0. The molecular weight excluding hydrogens is 433 g/mol. The number of benzene rings is 2. The molecule has 0 heterocycles. The van der Waals surface area contributed by atoms with E-state index in [0.29, 0.717) is 22.6 Å². The molecule has 3 heteroatoms. The summed E-state index contributed by atoms with van der Waals surface area (Å²) in [6, 6.07) is 12.4. The predicted octanol–water partition coefficient (Wildman–Crippen LogP) is 9.74. The Balaban J connectivity index is 1.73. The summed E-state index contributed by atoms with van der Waals surface area (Å²) in [6.07, 6.45) is 16.7. The van der Waals surface area contributed by atoms with E-state index in [4.69, 9.17) is 4.74 Å². The normalized spacial score (nSPS) is 17.8. The van der Waals surface area contributed by atoms with Gasteiger partial charge < -0.3 is 4.74 Å². The standard InChI is InChI=1S/C32H44FNO/c1-4-6-8-9-10-11-13-26-18-21-30(32(35-3)31(26)33)29-20-19-27(22-28(29)23-34)25-16-14-24(15-17-25)12-7-5-2/h18-22,24-25H,4-17H2,1-3H3. The minimum absolute atomic E-state index is 0.258. The van der Waals surface area contributed by atoms with Crippen molar-refractivity contribution in [2.24, 2.45) is 5.92 Å². The predicted molar refractivity (Wildman–Crippen MR) is 144 cm³/mol. The van der Waals surface area contributed by atoms with Crippen LogP contribution in [0.3, 0.4) is 0 Å². The van der Waals surface area contributed by atoms with Crippen molar-refractivity contribution in [3.05, 3.63) is 52.8 Å². The van der Waals surface area contributed by atoms with Gasteiger partial charge in [0.05, 0.1) is 18.7 Å². The molecule has 0 bridgehead atoms. The number of halogens is 1. The number of rotatable bonds is 13. The molecule has 1 saturated carbocycles. The highest BCUT2D eigenvalue weighted by molar-refractivity contribution is 5.77. The Labute approximate surface area is 212 Å². The van der Waals surface area contributed by atoms with Gasteiger partial charge in [-0.1, -0.05) is 89.5 Å². The summed E-state index contributed by atoms with van der Waals surface area (Å²) < 4.78 is 20.9. The topological polar surface area (TPSA) is 33.0 Å². The smallest absolute Gasteiger partial charge is 0.168 e. The highest BCUT2D eigenvalue weighted by atomic mass is 19.1. The SMILES string of the molecule is CCCCCCCCc1ccc(-c2ccc(C3CCC(CCCC)CC3)cc2C#N)c(OC)c1F. The Hall–Kier alpha value is -2.34. The maximum atomic E-state index is 15.4. The average molecular weight is 478 g/mol. The van der Waals surface area contributed by atoms with Gasteiger partial charge in [-0.05, 0) is 67.6 Å². The van der Waals surface area contributed by atoms with Crippen LogP contribution in [0.1, 0.15) is 120 Å². The Bertz CT molecular complexity index is 968. The van der Waals surface area contributed by atoms with Crippen molar-refractivity contribution >= 4 is 0 Å². The van der Waals surface area contributed by atoms with Crippen molar-refractivity contribution in [3.63, 3.8) is 0 Å². The lowest BCUT2D eigenvalue weighted by Crippen LogP contribution is -2.13. The fourth-order valence-corrected chi connectivity index (χ4v) is 5.72. The molecule has 1 fully saturated rings. The zero-order valence-electron chi connectivity index (χ0n) is 22.2. The molecule has 0 saturated heterocycles. The van der Waals surface area contributed by atoms with E-state index in [1.165, 1.54) is 83.3 Å². The molecule has 0 unspecified atom stereocenters. The van der Waals surface area contributed by atoms with Gasteiger partial charge in [0.25, 0.3) is 0 Å². The average Bonchev–Trinajstić information content (AvgIpc) is 2.90. The van der Waals surface area contributed by atoms with Gasteiger partial charge in [0.15, 0.2) is 11.6 Å². The summed E-state index contributed by atoms with van der Waals surface area (Å²) in [4.78, 5) is 0. The summed E-state index contributed by atoms with van der Waals surface area (Å²) in [5, 5.41) is 9.95. The lowest BCUT2D eigenvalue weighted by molar-refractivity contribution is 0.304. The van der Waals surface area contributed by atoms with Crippen molar-refractivity contribution in [2.75, 3.05) is 7.11 Å². The van der Waals surface area contributed by atoms with Crippen LogP contribution in [0.25, 0.3) is 11.1 Å². The number of unbranched alkanes of at least 4 members (excludes halogenated alkanes) is 6. The molecule has 0 aromatic heterocycles. The molecule has 3 rings (SSSR count). The molecule has 0 spiro atoms. The molecule has 0 amide bonds. The zero-order chi connectivity index (χ0) is 25.0. The lowest BCUT2D eigenvalue weighted by atomic mass is 9.76. The second kappa shape index (κ2) is 14.3. The monoisotopic (exact) mass is 477 g/mol. The largest absolute Gasteiger partial charge is 0.493 e. The fourth-order valence-electron chi connectivity index (χ4n) is 5.72. The number of nitriles is 1. The number of hydrogen-bond acceptors (Lipinski definition) is 2. The van der Waals surface area contributed by atoms with E-state index < -0.39 is 0 Å². The van der Waals surface area contributed by atoms with Gasteiger partial charge in [-0.2, -0.15) is 5.26 Å². The lowest BCUT2D eigenvalue weighted by Gasteiger charge is -2.29. The van der Waals surface area contributed by atoms with E-state index in [9.17, 15) is 5.26 Å². The van der Waals surface area contributed by atoms with Gasteiger partial charge in [-0.25, -0.2) is 4.39 Å². The minimum atomic E-state index is -0.281. The molecule has 1 aliphatic carbocycles. The van der Waals surface area contributed by atoms with Crippen molar-refractivity contribution in [1.29, 1.82) is 5.26 Å². The van der Waals surface area contributed by atoms with Gasteiger partial charge >= 0.3 is 0 Å². The molecule has 0 N–H and O–H groups in total. The Morgan fingerprint density at radius 2 is 1.57 bits per heavy atom. The molecule has 2 nitrogen and oxygen atoms in total. The Morgan fingerprint density at radius 1 is 0.886 bits per heavy atom. The Morgan fingerprint density at radius 3 is 2.26 bits per heavy atom. The van der Waals surface area contributed by atoms with Crippen LogP contribution in [0, 0.1) is 23.1 Å². The van der Waals surface area contributed by atoms with Gasteiger partial charge in [0.2, 0.25) is 0 Å². The summed E-state index contributed by atoms with van der Waals surface area (Å²) >= 11 is 0. The van der Waals surface area contributed by atoms with E-state index in [1.807, 2.05) is 24.3 Å². The molecule has 0 aliphatic heterocycles. The third-order valence-corrected chi connectivity index (χ3v) is 7.92. The van der Waals surface area contributed by atoms with Crippen molar-refractivity contribution in [1.82, 2.24) is 0 Å². The van der Waals surface area contributed by atoms with Crippen LogP contribution in [-0.2, 0) is 6.42 Å². The number of methoxy groups -OCH3 is 1. The third kappa shape index (κ3) is 7.33. The second-order valence-electron chi connectivity index (χ2n) is 10.4. The van der Waals surface area contributed by atoms with E-state index in [0.717, 1.165) is 30.7 Å². The number of ether oxygens (including phenoxy) is 1. The molecule has 35 heavy (non-hydrogen) atoms. The number of nitrogens with zero attached hydrogens (tertiary/aromatic N) is 1. The van der Waals surface area contributed by atoms with Gasteiger partial charge in [-0.15, -0.1) is 0 Å². The third-order valence-electron chi connectivity index (χ3n) is 7.92. The first-order chi connectivity index (χ1) is 17.1. The summed E-state index contributed by atoms with van der Waals surface area (Å²) in [7, 11) is 1.52. The van der Waals surface area contributed by atoms with E-state index >= 15 is 4.39 Å². The summed E-state index contributed by atoms with van der Waals surface area (Å²) in [5.41, 5.74) is 3.99. The first-order valence-electron chi connectivity index (χ1n) is 14.0. The van der Waals surface area contributed by atoms with Crippen LogP contribution < -0.4 is 4.74 Å². The van der Waals surface area contributed by atoms with Crippen LogP contribution in [0.2, 0.25) is 0 Å². The second-order valence-corrected chi connectivity index (χ2v) is 10.4. The van der Waals surface area contributed by atoms with Crippen molar-refractivity contribution in [3.8, 4) is 22.9 Å². The molecule has 190 valence electrons.